The number of aromatic nitrogens is 2. The van der Waals surface area contributed by atoms with Crippen LogP contribution in [0.1, 0.15) is 27.3 Å². The van der Waals surface area contributed by atoms with Crippen molar-refractivity contribution in [3.63, 3.8) is 0 Å². The molecule has 106 valence electrons. The van der Waals surface area contributed by atoms with Gasteiger partial charge in [-0.2, -0.15) is 0 Å². The first-order valence-electron chi connectivity index (χ1n) is 6.78. The number of fused-ring (bicyclic) bond motifs is 1. The maximum atomic E-state index is 11.5. The van der Waals surface area contributed by atoms with Crippen LogP contribution in [0.25, 0.3) is 16.7 Å². The summed E-state index contributed by atoms with van der Waals surface area (Å²) < 4.78 is 1.93. The summed E-state index contributed by atoms with van der Waals surface area (Å²) in [6.07, 6.45) is 0. The van der Waals surface area contributed by atoms with Crippen LogP contribution in [-0.4, -0.2) is 20.6 Å². The smallest absolute Gasteiger partial charge is 0.337 e. The Morgan fingerprint density at radius 1 is 1.10 bits per heavy atom. The maximum Gasteiger partial charge on any atom is 0.337 e. The zero-order valence-corrected chi connectivity index (χ0v) is 12.2. The number of hydrogen-bond acceptors (Lipinski definition) is 2. The second-order valence-corrected chi connectivity index (χ2v) is 5.19. The molecule has 0 spiro atoms. The second kappa shape index (κ2) is 4.74. The predicted molar refractivity (Wildman–Crippen MR) is 82.2 cm³/mol. The van der Waals surface area contributed by atoms with E-state index in [4.69, 9.17) is 0 Å². The van der Waals surface area contributed by atoms with Gasteiger partial charge in [0.25, 0.3) is 0 Å². The molecule has 0 atom stereocenters. The lowest BCUT2D eigenvalue weighted by Crippen LogP contribution is -2.05. The molecule has 0 aliphatic heterocycles. The highest BCUT2D eigenvalue weighted by atomic mass is 16.4. The molecule has 3 rings (SSSR count). The van der Waals surface area contributed by atoms with Gasteiger partial charge in [0.2, 0.25) is 0 Å². The van der Waals surface area contributed by atoms with Crippen LogP contribution in [0.4, 0.5) is 0 Å². The van der Waals surface area contributed by atoms with Crippen molar-refractivity contribution in [3.05, 3.63) is 58.9 Å². The molecular formula is C17H16N2O2. The van der Waals surface area contributed by atoms with E-state index in [1.54, 1.807) is 12.1 Å². The zero-order valence-electron chi connectivity index (χ0n) is 12.2. The average Bonchev–Trinajstić information content (AvgIpc) is 2.77. The van der Waals surface area contributed by atoms with E-state index in [2.05, 4.69) is 4.98 Å². The minimum atomic E-state index is -0.938. The third-order valence-corrected chi connectivity index (χ3v) is 3.89. The lowest BCUT2D eigenvalue weighted by molar-refractivity contribution is 0.0698. The van der Waals surface area contributed by atoms with Gasteiger partial charge in [0.05, 0.1) is 22.3 Å². The molecule has 1 heterocycles. The summed E-state index contributed by atoms with van der Waals surface area (Å²) in [5.41, 5.74) is 4.89. The summed E-state index contributed by atoms with van der Waals surface area (Å²) in [6.45, 7) is 5.98. The van der Waals surface area contributed by atoms with Crippen LogP contribution >= 0.6 is 0 Å². The number of carbonyl (C=O) groups is 1. The number of aryl methyl sites for hydroxylation is 2. The van der Waals surface area contributed by atoms with Crippen LogP contribution in [0.3, 0.4) is 0 Å². The monoisotopic (exact) mass is 280 g/mol. The van der Waals surface area contributed by atoms with Crippen molar-refractivity contribution >= 4 is 17.0 Å². The standard InChI is InChI=1S/C17H16N2O2/c1-10-6-4-9-15(11(10)2)19-12(3)18-14-8-5-7-13(16(14)19)17(20)21/h4-9H,1-3H3,(H,20,21). The Hall–Kier alpha value is -2.62. The molecule has 0 aliphatic carbocycles. The van der Waals surface area contributed by atoms with Gasteiger partial charge in [-0.05, 0) is 50.1 Å². The third kappa shape index (κ3) is 2.00. The Labute approximate surface area is 122 Å². The van der Waals surface area contributed by atoms with E-state index in [1.807, 2.05) is 49.6 Å². The summed E-state index contributed by atoms with van der Waals surface area (Å²) in [5.74, 6) is -0.153. The van der Waals surface area contributed by atoms with Crippen molar-refractivity contribution < 1.29 is 9.90 Å². The van der Waals surface area contributed by atoms with E-state index in [1.165, 1.54) is 5.56 Å². The van der Waals surface area contributed by atoms with Crippen LogP contribution in [0.15, 0.2) is 36.4 Å². The fourth-order valence-corrected chi connectivity index (χ4v) is 2.69. The SMILES string of the molecule is Cc1cccc(-n2c(C)nc3cccc(C(=O)O)c32)c1C. The summed E-state index contributed by atoms with van der Waals surface area (Å²) in [4.78, 5) is 16.0. The first-order valence-corrected chi connectivity index (χ1v) is 6.78. The number of para-hydroxylation sites is 1. The molecule has 0 aliphatic rings. The van der Waals surface area contributed by atoms with Crippen LogP contribution < -0.4 is 0 Å². The number of hydrogen-bond donors (Lipinski definition) is 1. The Kier molecular flexibility index (Phi) is 3.01. The quantitative estimate of drug-likeness (QED) is 0.779. The van der Waals surface area contributed by atoms with Crippen molar-refractivity contribution in [2.24, 2.45) is 0 Å². The highest BCUT2D eigenvalue weighted by Crippen LogP contribution is 2.27. The van der Waals surface area contributed by atoms with E-state index in [9.17, 15) is 9.90 Å². The fourth-order valence-electron chi connectivity index (χ4n) is 2.69. The molecule has 0 bridgehead atoms. The molecule has 1 N–H and O–H groups in total. The van der Waals surface area contributed by atoms with Crippen LogP contribution in [0.2, 0.25) is 0 Å². The summed E-state index contributed by atoms with van der Waals surface area (Å²) >= 11 is 0. The topological polar surface area (TPSA) is 55.1 Å². The number of aromatic carboxylic acids is 1. The summed E-state index contributed by atoms with van der Waals surface area (Å²) in [7, 11) is 0. The van der Waals surface area contributed by atoms with Gasteiger partial charge in [0.15, 0.2) is 0 Å². The molecule has 0 saturated carbocycles. The molecule has 0 saturated heterocycles. The Morgan fingerprint density at radius 3 is 2.52 bits per heavy atom. The highest BCUT2D eigenvalue weighted by Gasteiger charge is 2.18. The molecule has 1 aromatic heterocycles. The second-order valence-electron chi connectivity index (χ2n) is 5.19. The van der Waals surface area contributed by atoms with Gasteiger partial charge >= 0.3 is 5.97 Å². The van der Waals surface area contributed by atoms with Crippen LogP contribution in [-0.2, 0) is 0 Å². The van der Waals surface area contributed by atoms with Gasteiger partial charge in [-0.3, -0.25) is 4.57 Å². The van der Waals surface area contributed by atoms with Crippen LogP contribution in [0, 0.1) is 20.8 Å². The van der Waals surface area contributed by atoms with Gasteiger partial charge in [-0.25, -0.2) is 9.78 Å². The number of carboxylic acid groups (broad SMARTS) is 1. The molecule has 3 aromatic rings. The van der Waals surface area contributed by atoms with Crippen molar-refractivity contribution in [2.45, 2.75) is 20.8 Å². The van der Waals surface area contributed by atoms with Crippen molar-refractivity contribution in [1.82, 2.24) is 9.55 Å². The first kappa shape index (κ1) is 13.4. The normalized spacial score (nSPS) is 11.0. The number of carboxylic acids is 1. The lowest BCUT2D eigenvalue weighted by atomic mass is 10.1. The van der Waals surface area contributed by atoms with Gasteiger partial charge < -0.3 is 5.11 Å². The van der Waals surface area contributed by atoms with E-state index < -0.39 is 5.97 Å². The molecule has 0 amide bonds. The van der Waals surface area contributed by atoms with E-state index in [-0.39, 0.29) is 5.56 Å². The zero-order chi connectivity index (χ0) is 15.1. The van der Waals surface area contributed by atoms with E-state index in [0.717, 1.165) is 17.1 Å². The van der Waals surface area contributed by atoms with Gasteiger partial charge in [-0.15, -0.1) is 0 Å². The van der Waals surface area contributed by atoms with Crippen molar-refractivity contribution in [2.75, 3.05) is 0 Å². The maximum absolute atomic E-state index is 11.5. The Morgan fingerprint density at radius 2 is 1.81 bits per heavy atom. The molecule has 4 nitrogen and oxygen atoms in total. The van der Waals surface area contributed by atoms with Gasteiger partial charge in [-0.1, -0.05) is 18.2 Å². The minimum Gasteiger partial charge on any atom is -0.478 e. The predicted octanol–water partition coefficient (Wildman–Crippen LogP) is 3.65. The summed E-state index contributed by atoms with van der Waals surface area (Å²) in [5, 5.41) is 9.45. The number of rotatable bonds is 2. The minimum absolute atomic E-state index is 0.272. The Bertz CT molecular complexity index is 863. The fraction of sp³-hybridized carbons (Fsp3) is 0.176. The average molecular weight is 280 g/mol. The van der Waals surface area contributed by atoms with Crippen LogP contribution in [0.5, 0.6) is 0 Å². The third-order valence-electron chi connectivity index (χ3n) is 3.89. The lowest BCUT2D eigenvalue weighted by Gasteiger charge is -2.13. The number of nitrogens with zero attached hydrogens (tertiary/aromatic N) is 2. The Balaban J connectivity index is 2.45. The van der Waals surface area contributed by atoms with Gasteiger partial charge in [0.1, 0.15) is 5.82 Å². The van der Waals surface area contributed by atoms with Crippen molar-refractivity contribution in [3.8, 4) is 5.69 Å². The summed E-state index contributed by atoms with van der Waals surface area (Å²) in [6, 6.07) is 11.2. The molecule has 0 fully saturated rings. The van der Waals surface area contributed by atoms with Crippen molar-refractivity contribution in [1.29, 1.82) is 0 Å². The highest BCUT2D eigenvalue weighted by molar-refractivity contribution is 6.02. The molecule has 0 radical (unpaired) electrons. The van der Waals surface area contributed by atoms with E-state index >= 15 is 0 Å². The molecule has 4 heteroatoms. The first-order chi connectivity index (χ1) is 10.0. The van der Waals surface area contributed by atoms with Gasteiger partial charge in [0, 0.05) is 0 Å². The number of benzene rings is 2. The molecule has 0 unspecified atom stereocenters. The number of imidazole rings is 1. The largest absolute Gasteiger partial charge is 0.478 e. The van der Waals surface area contributed by atoms with E-state index in [0.29, 0.717) is 11.0 Å². The molecule has 21 heavy (non-hydrogen) atoms. The molecule has 2 aromatic carbocycles. The molecular weight excluding hydrogens is 264 g/mol.